The predicted molar refractivity (Wildman–Crippen MR) is 71.3 cm³/mol. The maximum Gasteiger partial charge on any atom is 0.316 e. The van der Waals surface area contributed by atoms with Gasteiger partial charge in [-0.15, -0.1) is 0 Å². The van der Waals surface area contributed by atoms with Crippen molar-refractivity contribution in [1.29, 1.82) is 0 Å². The van der Waals surface area contributed by atoms with Crippen LogP contribution in [0.5, 0.6) is 0 Å². The average Bonchev–Trinajstić information content (AvgIpc) is 2.39. The van der Waals surface area contributed by atoms with E-state index in [1.165, 1.54) is 7.11 Å². The van der Waals surface area contributed by atoms with Crippen molar-refractivity contribution in [1.82, 2.24) is 0 Å². The molecule has 1 aliphatic rings. The highest BCUT2D eigenvalue weighted by molar-refractivity contribution is 9.10. The normalized spacial score (nSPS) is 20.8. The van der Waals surface area contributed by atoms with E-state index in [1.54, 1.807) is 12.1 Å². The van der Waals surface area contributed by atoms with Gasteiger partial charge in [-0.3, -0.25) is 4.79 Å². The molecule has 0 heterocycles. The fraction of sp³-hybridized carbons (Fsp3) is 0.500. The second-order valence-electron chi connectivity index (χ2n) is 4.94. The quantitative estimate of drug-likeness (QED) is 0.763. The lowest BCUT2D eigenvalue weighted by atomic mass is 9.68. The number of hydrogen-bond donors (Lipinski definition) is 0. The summed E-state index contributed by atoms with van der Waals surface area (Å²) in [6.45, 7) is 0. The zero-order valence-electron chi connectivity index (χ0n) is 10.6. The standard InChI is InChI=1S/C14H15BrF2O2/c1-19-12(18)13(6-8-14(16,17)9-7-13)10-2-4-11(15)5-3-10/h2-5H,6-9H2,1H3. The number of ether oxygens (including phenoxy) is 1. The summed E-state index contributed by atoms with van der Waals surface area (Å²) < 4.78 is 32.4. The van der Waals surface area contributed by atoms with Crippen LogP contribution in [0.1, 0.15) is 31.2 Å². The molecule has 1 aliphatic carbocycles. The van der Waals surface area contributed by atoms with Gasteiger partial charge in [0.25, 0.3) is 0 Å². The zero-order valence-corrected chi connectivity index (χ0v) is 12.2. The van der Waals surface area contributed by atoms with Crippen molar-refractivity contribution in [2.75, 3.05) is 7.11 Å². The van der Waals surface area contributed by atoms with E-state index in [4.69, 9.17) is 4.74 Å². The van der Waals surface area contributed by atoms with Crippen LogP contribution in [0.15, 0.2) is 28.7 Å². The van der Waals surface area contributed by atoms with E-state index >= 15 is 0 Å². The Kier molecular flexibility index (Phi) is 3.95. The number of benzene rings is 1. The molecule has 19 heavy (non-hydrogen) atoms. The number of halogens is 3. The molecule has 0 aromatic heterocycles. The van der Waals surface area contributed by atoms with Gasteiger partial charge in [0.05, 0.1) is 12.5 Å². The first-order valence-electron chi connectivity index (χ1n) is 6.12. The Bertz CT molecular complexity index is 461. The van der Waals surface area contributed by atoms with Crippen LogP contribution in [0.4, 0.5) is 8.78 Å². The molecule has 0 N–H and O–H groups in total. The van der Waals surface area contributed by atoms with Crippen LogP contribution in [0.3, 0.4) is 0 Å². The summed E-state index contributed by atoms with van der Waals surface area (Å²) in [6.07, 6.45) is -0.320. The van der Waals surface area contributed by atoms with E-state index in [2.05, 4.69) is 15.9 Å². The van der Waals surface area contributed by atoms with E-state index in [1.807, 2.05) is 12.1 Å². The van der Waals surface area contributed by atoms with Crippen LogP contribution in [0.2, 0.25) is 0 Å². The minimum Gasteiger partial charge on any atom is -0.468 e. The van der Waals surface area contributed by atoms with Crippen LogP contribution in [-0.4, -0.2) is 19.0 Å². The molecule has 1 aromatic carbocycles. The SMILES string of the molecule is COC(=O)C1(c2ccc(Br)cc2)CCC(F)(F)CC1. The van der Waals surface area contributed by atoms with Gasteiger partial charge in [-0.1, -0.05) is 28.1 Å². The molecular formula is C14H15BrF2O2. The second kappa shape index (κ2) is 5.19. The first-order valence-corrected chi connectivity index (χ1v) is 6.91. The molecular weight excluding hydrogens is 318 g/mol. The molecule has 2 rings (SSSR count). The fourth-order valence-corrected chi connectivity index (χ4v) is 2.88. The molecule has 0 aliphatic heterocycles. The monoisotopic (exact) mass is 332 g/mol. The molecule has 0 amide bonds. The van der Waals surface area contributed by atoms with Gasteiger partial charge >= 0.3 is 5.97 Å². The highest BCUT2D eigenvalue weighted by Gasteiger charge is 2.49. The van der Waals surface area contributed by atoms with Crippen LogP contribution < -0.4 is 0 Å². The minimum atomic E-state index is -2.67. The zero-order chi connectivity index (χ0) is 14.1. The van der Waals surface area contributed by atoms with Crippen LogP contribution in [0.25, 0.3) is 0 Å². The Hall–Kier alpha value is -0.970. The Balaban J connectivity index is 2.36. The summed E-state index contributed by atoms with van der Waals surface area (Å²) in [5, 5.41) is 0. The summed E-state index contributed by atoms with van der Waals surface area (Å²) in [4.78, 5) is 12.1. The number of methoxy groups -OCH3 is 1. The predicted octanol–water partition coefficient (Wildman–Crippen LogP) is 4.07. The van der Waals surface area contributed by atoms with Gasteiger partial charge in [0, 0.05) is 17.3 Å². The van der Waals surface area contributed by atoms with E-state index in [0.29, 0.717) is 0 Å². The van der Waals surface area contributed by atoms with Crippen LogP contribution in [-0.2, 0) is 14.9 Å². The molecule has 0 spiro atoms. The third kappa shape index (κ3) is 2.81. The Morgan fingerprint density at radius 2 is 1.68 bits per heavy atom. The summed E-state index contributed by atoms with van der Waals surface area (Å²) in [5.41, 5.74) is -0.185. The summed E-state index contributed by atoms with van der Waals surface area (Å²) in [7, 11) is 1.30. The van der Waals surface area contributed by atoms with E-state index < -0.39 is 17.3 Å². The molecule has 0 atom stereocenters. The van der Waals surface area contributed by atoms with Gasteiger partial charge in [-0.25, -0.2) is 8.78 Å². The number of alkyl halides is 2. The van der Waals surface area contributed by atoms with Crippen molar-refractivity contribution in [3.63, 3.8) is 0 Å². The van der Waals surface area contributed by atoms with Gasteiger partial charge in [0.2, 0.25) is 5.92 Å². The number of rotatable bonds is 2. The van der Waals surface area contributed by atoms with Crippen molar-refractivity contribution in [2.45, 2.75) is 37.0 Å². The van der Waals surface area contributed by atoms with Gasteiger partial charge < -0.3 is 4.74 Å². The van der Waals surface area contributed by atoms with Gasteiger partial charge in [0.15, 0.2) is 0 Å². The fourth-order valence-electron chi connectivity index (χ4n) is 2.62. The summed E-state index contributed by atoms with van der Waals surface area (Å²) in [6, 6.07) is 7.22. The summed E-state index contributed by atoms with van der Waals surface area (Å²) in [5.74, 6) is -3.10. The largest absolute Gasteiger partial charge is 0.468 e. The molecule has 5 heteroatoms. The molecule has 0 radical (unpaired) electrons. The van der Waals surface area contributed by atoms with Crippen molar-refractivity contribution in [2.24, 2.45) is 0 Å². The van der Waals surface area contributed by atoms with E-state index in [0.717, 1.165) is 10.0 Å². The van der Waals surface area contributed by atoms with E-state index in [-0.39, 0.29) is 25.7 Å². The Labute approximate surface area is 119 Å². The van der Waals surface area contributed by atoms with Gasteiger partial charge in [-0.05, 0) is 30.5 Å². The van der Waals surface area contributed by atoms with Crippen molar-refractivity contribution >= 4 is 21.9 Å². The number of esters is 1. The van der Waals surface area contributed by atoms with Gasteiger partial charge in [0.1, 0.15) is 0 Å². The third-order valence-corrected chi connectivity index (χ3v) is 4.34. The summed E-state index contributed by atoms with van der Waals surface area (Å²) >= 11 is 3.32. The van der Waals surface area contributed by atoms with E-state index in [9.17, 15) is 13.6 Å². The number of carbonyl (C=O) groups excluding carboxylic acids is 1. The molecule has 0 bridgehead atoms. The first kappa shape index (κ1) is 14.4. The van der Waals surface area contributed by atoms with Crippen LogP contribution >= 0.6 is 15.9 Å². The van der Waals surface area contributed by atoms with Crippen molar-refractivity contribution in [3.05, 3.63) is 34.3 Å². The van der Waals surface area contributed by atoms with Crippen molar-refractivity contribution < 1.29 is 18.3 Å². The molecule has 1 fully saturated rings. The number of hydrogen-bond acceptors (Lipinski definition) is 2. The average molecular weight is 333 g/mol. The smallest absolute Gasteiger partial charge is 0.316 e. The van der Waals surface area contributed by atoms with Crippen LogP contribution in [0, 0.1) is 0 Å². The maximum atomic E-state index is 13.3. The lowest BCUT2D eigenvalue weighted by Gasteiger charge is -2.38. The van der Waals surface area contributed by atoms with Gasteiger partial charge in [-0.2, -0.15) is 0 Å². The Morgan fingerprint density at radius 1 is 1.16 bits per heavy atom. The second-order valence-corrected chi connectivity index (χ2v) is 5.85. The molecule has 0 unspecified atom stereocenters. The molecule has 104 valence electrons. The highest BCUT2D eigenvalue weighted by Crippen LogP contribution is 2.46. The lowest BCUT2D eigenvalue weighted by Crippen LogP contribution is -2.43. The molecule has 2 nitrogen and oxygen atoms in total. The topological polar surface area (TPSA) is 26.3 Å². The Morgan fingerprint density at radius 3 is 2.16 bits per heavy atom. The molecule has 1 aromatic rings. The highest BCUT2D eigenvalue weighted by atomic mass is 79.9. The van der Waals surface area contributed by atoms with Crippen molar-refractivity contribution in [3.8, 4) is 0 Å². The number of carbonyl (C=O) groups is 1. The minimum absolute atomic E-state index is 0.119. The maximum absolute atomic E-state index is 13.3. The molecule has 1 saturated carbocycles. The lowest BCUT2D eigenvalue weighted by molar-refractivity contribution is -0.152. The first-order chi connectivity index (χ1) is 8.89. The molecule has 0 saturated heterocycles. The third-order valence-electron chi connectivity index (χ3n) is 3.81.